The maximum atomic E-state index is 5.57. The fourth-order valence-electron chi connectivity index (χ4n) is 2.07. The summed E-state index contributed by atoms with van der Waals surface area (Å²) in [7, 11) is 0. The maximum Gasteiger partial charge on any atom is 0.130 e. The quantitative estimate of drug-likeness (QED) is 0.867. The van der Waals surface area contributed by atoms with Crippen molar-refractivity contribution in [2.75, 3.05) is 6.54 Å². The zero-order valence-electron chi connectivity index (χ0n) is 9.19. The van der Waals surface area contributed by atoms with E-state index in [0.29, 0.717) is 0 Å². The Morgan fingerprint density at radius 2 is 2.56 bits per heavy atom. The molecule has 2 aromatic heterocycles. The first-order chi connectivity index (χ1) is 7.88. The smallest absolute Gasteiger partial charge is 0.130 e. The van der Waals surface area contributed by atoms with Gasteiger partial charge in [0.2, 0.25) is 0 Å². The Morgan fingerprint density at radius 1 is 1.62 bits per heavy atom. The molecule has 3 heterocycles. The van der Waals surface area contributed by atoms with E-state index in [2.05, 4.69) is 23.3 Å². The molecule has 1 unspecified atom stereocenters. The fourth-order valence-corrected chi connectivity index (χ4v) is 3.00. The van der Waals surface area contributed by atoms with Crippen LogP contribution in [-0.4, -0.2) is 11.5 Å². The van der Waals surface area contributed by atoms with E-state index in [9.17, 15) is 0 Å². The molecule has 0 bridgehead atoms. The number of thiazole rings is 1. The predicted molar refractivity (Wildman–Crippen MR) is 63.7 cm³/mol. The molecule has 0 fully saturated rings. The van der Waals surface area contributed by atoms with Crippen LogP contribution in [0.25, 0.3) is 0 Å². The fraction of sp³-hybridized carbons (Fsp3) is 0.417. The lowest BCUT2D eigenvalue weighted by molar-refractivity contribution is 0.424. The van der Waals surface area contributed by atoms with Crippen molar-refractivity contribution in [1.29, 1.82) is 0 Å². The Bertz CT molecular complexity index is 489. The summed E-state index contributed by atoms with van der Waals surface area (Å²) in [5.74, 6) is 1.04. The number of hydrogen-bond acceptors (Lipinski definition) is 4. The van der Waals surface area contributed by atoms with E-state index in [-0.39, 0.29) is 6.04 Å². The van der Waals surface area contributed by atoms with Crippen molar-refractivity contribution in [3.63, 3.8) is 0 Å². The molecule has 1 aliphatic heterocycles. The molecule has 0 aromatic carbocycles. The number of hydrogen-bond donors (Lipinski definition) is 1. The first-order valence-electron chi connectivity index (χ1n) is 5.62. The van der Waals surface area contributed by atoms with Gasteiger partial charge in [-0.25, -0.2) is 4.98 Å². The van der Waals surface area contributed by atoms with E-state index < -0.39 is 0 Å². The summed E-state index contributed by atoms with van der Waals surface area (Å²) >= 11 is 1.77. The van der Waals surface area contributed by atoms with Gasteiger partial charge in [0, 0.05) is 17.6 Å². The average Bonchev–Trinajstić information content (AvgIpc) is 2.97. The predicted octanol–water partition coefficient (Wildman–Crippen LogP) is 2.53. The number of fused-ring (bicyclic) bond motifs is 1. The van der Waals surface area contributed by atoms with Crippen LogP contribution >= 0.6 is 11.3 Å². The lowest BCUT2D eigenvalue weighted by atomic mass is 10.0. The molecular formula is C12H14N2OS. The number of nitrogens with zero attached hydrogens (tertiary/aromatic N) is 1. The standard InChI is InChI=1S/C12H14N2OS/c1-2-9-7-14-12(16-9)10-11-8(3-5-13-10)4-6-15-11/h4,6-7,10,13H,2-3,5H2,1H3. The highest BCUT2D eigenvalue weighted by atomic mass is 32.1. The van der Waals surface area contributed by atoms with Gasteiger partial charge in [-0.15, -0.1) is 11.3 Å². The number of aromatic nitrogens is 1. The molecule has 2 aromatic rings. The Hall–Kier alpha value is -1.13. The Labute approximate surface area is 98.5 Å². The van der Waals surface area contributed by atoms with Crippen molar-refractivity contribution in [3.05, 3.63) is 39.7 Å². The molecule has 3 rings (SSSR count). The van der Waals surface area contributed by atoms with Crippen LogP contribution in [0.2, 0.25) is 0 Å². The van der Waals surface area contributed by atoms with Gasteiger partial charge in [0.15, 0.2) is 0 Å². The molecule has 3 nitrogen and oxygen atoms in total. The minimum absolute atomic E-state index is 0.157. The van der Waals surface area contributed by atoms with E-state index in [1.165, 1.54) is 10.4 Å². The summed E-state index contributed by atoms with van der Waals surface area (Å²) in [4.78, 5) is 5.81. The zero-order chi connectivity index (χ0) is 11.0. The van der Waals surface area contributed by atoms with Gasteiger partial charge in [-0.2, -0.15) is 0 Å². The lowest BCUT2D eigenvalue weighted by Crippen LogP contribution is -2.29. The average molecular weight is 234 g/mol. The van der Waals surface area contributed by atoms with Gasteiger partial charge in [0.1, 0.15) is 16.8 Å². The number of nitrogens with one attached hydrogen (secondary N) is 1. The van der Waals surface area contributed by atoms with E-state index >= 15 is 0 Å². The first kappa shape index (κ1) is 10.1. The van der Waals surface area contributed by atoms with Crippen LogP contribution < -0.4 is 5.32 Å². The molecule has 0 saturated heterocycles. The largest absolute Gasteiger partial charge is 0.467 e. The molecule has 0 amide bonds. The minimum Gasteiger partial charge on any atom is -0.467 e. The highest BCUT2D eigenvalue weighted by Gasteiger charge is 2.26. The van der Waals surface area contributed by atoms with Crippen molar-refractivity contribution in [2.24, 2.45) is 0 Å². The molecule has 1 atom stereocenters. The summed E-state index contributed by atoms with van der Waals surface area (Å²) in [5, 5.41) is 4.59. The highest BCUT2D eigenvalue weighted by Crippen LogP contribution is 2.31. The second-order valence-electron chi connectivity index (χ2n) is 3.97. The van der Waals surface area contributed by atoms with Gasteiger partial charge in [-0.1, -0.05) is 6.92 Å². The topological polar surface area (TPSA) is 38.1 Å². The van der Waals surface area contributed by atoms with E-state index in [1.807, 2.05) is 6.20 Å². The Kier molecular flexibility index (Phi) is 2.53. The third-order valence-electron chi connectivity index (χ3n) is 2.95. The first-order valence-corrected chi connectivity index (χ1v) is 6.44. The van der Waals surface area contributed by atoms with E-state index in [4.69, 9.17) is 4.42 Å². The molecule has 1 aliphatic rings. The molecule has 0 radical (unpaired) electrons. The van der Waals surface area contributed by atoms with Gasteiger partial charge in [0.05, 0.1) is 6.26 Å². The van der Waals surface area contributed by atoms with E-state index in [0.717, 1.165) is 30.2 Å². The number of aryl methyl sites for hydroxylation is 1. The molecular weight excluding hydrogens is 220 g/mol. The van der Waals surface area contributed by atoms with Crippen LogP contribution in [0.15, 0.2) is 22.9 Å². The molecule has 16 heavy (non-hydrogen) atoms. The van der Waals surface area contributed by atoms with Crippen molar-refractivity contribution in [3.8, 4) is 0 Å². The number of furan rings is 1. The Morgan fingerprint density at radius 3 is 3.38 bits per heavy atom. The zero-order valence-corrected chi connectivity index (χ0v) is 10.0. The van der Waals surface area contributed by atoms with Gasteiger partial charge < -0.3 is 9.73 Å². The van der Waals surface area contributed by atoms with Gasteiger partial charge in [-0.3, -0.25) is 0 Å². The van der Waals surface area contributed by atoms with Crippen LogP contribution in [0.5, 0.6) is 0 Å². The Balaban J connectivity index is 1.97. The van der Waals surface area contributed by atoms with E-state index in [1.54, 1.807) is 17.6 Å². The summed E-state index contributed by atoms with van der Waals surface area (Å²) in [5.41, 5.74) is 1.32. The molecule has 0 spiro atoms. The second-order valence-corrected chi connectivity index (χ2v) is 5.11. The summed E-state index contributed by atoms with van der Waals surface area (Å²) in [6.07, 6.45) is 5.85. The monoisotopic (exact) mass is 234 g/mol. The lowest BCUT2D eigenvalue weighted by Gasteiger charge is -2.20. The van der Waals surface area contributed by atoms with Crippen LogP contribution in [0, 0.1) is 0 Å². The third kappa shape index (κ3) is 1.58. The van der Waals surface area contributed by atoms with Crippen molar-refractivity contribution in [1.82, 2.24) is 10.3 Å². The third-order valence-corrected chi connectivity index (χ3v) is 4.16. The maximum absolute atomic E-state index is 5.57. The van der Waals surface area contributed by atoms with Crippen molar-refractivity contribution in [2.45, 2.75) is 25.8 Å². The highest BCUT2D eigenvalue weighted by molar-refractivity contribution is 7.11. The molecule has 0 saturated carbocycles. The summed E-state index contributed by atoms with van der Waals surface area (Å²) < 4.78 is 5.57. The molecule has 1 N–H and O–H groups in total. The minimum atomic E-state index is 0.157. The van der Waals surface area contributed by atoms with Crippen molar-refractivity contribution < 1.29 is 4.42 Å². The number of rotatable bonds is 2. The van der Waals surface area contributed by atoms with Crippen molar-refractivity contribution >= 4 is 11.3 Å². The van der Waals surface area contributed by atoms with Crippen LogP contribution in [0.1, 0.15) is 34.2 Å². The second kappa shape index (κ2) is 4.03. The van der Waals surface area contributed by atoms with Crippen LogP contribution in [0.3, 0.4) is 0 Å². The van der Waals surface area contributed by atoms with Gasteiger partial charge in [-0.05, 0) is 24.5 Å². The van der Waals surface area contributed by atoms with Crippen LogP contribution in [0.4, 0.5) is 0 Å². The van der Waals surface area contributed by atoms with Crippen LogP contribution in [-0.2, 0) is 12.8 Å². The van der Waals surface area contributed by atoms with Gasteiger partial charge >= 0.3 is 0 Å². The summed E-state index contributed by atoms with van der Waals surface area (Å²) in [6.45, 7) is 3.15. The molecule has 4 heteroatoms. The summed E-state index contributed by atoms with van der Waals surface area (Å²) in [6, 6.07) is 2.22. The SMILES string of the molecule is CCc1cnc(C2NCCc3ccoc32)s1. The molecule has 0 aliphatic carbocycles. The van der Waals surface area contributed by atoms with Gasteiger partial charge in [0.25, 0.3) is 0 Å². The normalized spacial score (nSPS) is 19.7. The molecule has 84 valence electrons.